The maximum absolute atomic E-state index is 9.86. The summed E-state index contributed by atoms with van der Waals surface area (Å²) in [6, 6.07) is 6.57. The average molecular weight is 422 g/mol. The van der Waals surface area contributed by atoms with Gasteiger partial charge in [-0.3, -0.25) is 5.43 Å². The fourth-order valence-corrected chi connectivity index (χ4v) is 5.84. The van der Waals surface area contributed by atoms with Gasteiger partial charge in [0.2, 0.25) is 0 Å². The minimum absolute atomic E-state index is 0.123. The smallest absolute Gasteiger partial charge is 0.125 e. The molecule has 1 aromatic carbocycles. The summed E-state index contributed by atoms with van der Waals surface area (Å²) in [5.74, 6) is 2.50. The molecule has 5 N–H and O–H groups in total. The minimum atomic E-state index is 0.123. The number of nitrogens with zero attached hydrogens (tertiary/aromatic N) is 1. The third kappa shape index (κ3) is 4.04. The fourth-order valence-electron chi connectivity index (χ4n) is 5.84. The lowest BCUT2D eigenvalue weighted by Crippen LogP contribution is -2.42. The summed E-state index contributed by atoms with van der Waals surface area (Å²) >= 11 is 0. The molecule has 4 unspecified atom stereocenters. The Labute approximate surface area is 184 Å². The van der Waals surface area contributed by atoms with Crippen LogP contribution in [0.5, 0.6) is 5.75 Å². The molecule has 1 saturated heterocycles. The van der Waals surface area contributed by atoms with Crippen molar-refractivity contribution in [2.75, 3.05) is 6.54 Å². The van der Waals surface area contributed by atoms with Crippen LogP contribution in [0.2, 0.25) is 0 Å². The van der Waals surface area contributed by atoms with Gasteiger partial charge in [0, 0.05) is 18.1 Å². The van der Waals surface area contributed by atoms with Crippen molar-refractivity contribution in [2.24, 2.45) is 5.92 Å². The lowest BCUT2D eigenvalue weighted by molar-refractivity contribution is 0.276. The summed E-state index contributed by atoms with van der Waals surface area (Å²) in [5, 5.41) is 13.4. The highest BCUT2D eigenvalue weighted by atomic mass is 16.3. The first-order chi connectivity index (χ1) is 14.9. The van der Waals surface area contributed by atoms with E-state index in [2.05, 4.69) is 54.1 Å². The van der Waals surface area contributed by atoms with Crippen molar-refractivity contribution in [1.82, 2.24) is 26.1 Å². The predicted octanol–water partition coefficient (Wildman–Crippen LogP) is 3.93. The van der Waals surface area contributed by atoms with Crippen LogP contribution < -0.4 is 16.2 Å². The molecule has 2 fully saturated rings. The first kappa shape index (κ1) is 20.7. The zero-order valence-corrected chi connectivity index (χ0v) is 18.8. The molecule has 1 saturated carbocycles. The maximum atomic E-state index is 9.86. The van der Waals surface area contributed by atoms with E-state index in [0.29, 0.717) is 23.6 Å². The largest absolute Gasteiger partial charge is 0.508 e. The van der Waals surface area contributed by atoms with Crippen LogP contribution in [0.4, 0.5) is 0 Å². The molecule has 166 valence electrons. The number of benzene rings is 1. The van der Waals surface area contributed by atoms with E-state index in [-0.39, 0.29) is 11.6 Å². The molecule has 3 aliphatic rings. The van der Waals surface area contributed by atoms with E-state index in [1.54, 1.807) is 0 Å². The molecule has 31 heavy (non-hydrogen) atoms. The molecule has 1 aromatic heterocycles. The maximum Gasteiger partial charge on any atom is 0.125 e. The van der Waals surface area contributed by atoms with Gasteiger partial charge in [-0.25, -0.2) is 10.4 Å². The van der Waals surface area contributed by atoms with Gasteiger partial charge in [-0.05, 0) is 86.6 Å². The van der Waals surface area contributed by atoms with Gasteiger partial charge < -0.3 is 15.4 Å². The Balaban J connectivity index is 1.29. The van der Waals surface area contributed by atoms with Crippen LogP contribution in [0, 0.1) is 5.92 Å². The molecular formula is C25H35N5O. The molecule has 6 nitrogen and oxygen atoms in total. The molecular weight excluding hydrogens is 386 g/mol. The second-order valence-electron chi connectivity index (χ2n) is 10.1. The summed E-state index contributed by atoms with van der Waals surface area (Å²) in [6.45, 7) is 7.58. The third-order valence-corrected chi connectivity index (χ3v) is 7.50. The van der Waals surface area contributed by atoms with Gasteiger partial charge in [-0.15, -0.1) is 0 Å². The number of imidazole rings is 1. The number of rotatable bonds is 4. The number of phenols is 1. The van der Waals surface area contributed by atoms with Crippen LogP contribution in [-0.4, -0.2) is 33.2 Å². The van der Waals surface area contributed by atoms with Gasteiger partial charge in [0.05, 0.1) is 17.9 Å². The Morgan fingerprint density at radius 2 is 2.06 bits per heavy atom. The normalized spacial score (nSPS) is 30.1. The van der Waals surface area contributed by atoms with Gasteiger partial charge in [-0.1, -0.05) is 19.1 Å². The van der Waals surface area contributed by atoms with E-state index in [4.69, 9.17) is 4.98 Å². The second kappa shape index (κ2) is 8.08. The Hall–Kier alpha value is -2.15. The summed E-state index contributed by atoms with van der Waals surface area (Å²) in [7, 11) is 0. The Morgan fingerprint density at radius 3 is 2.87 bits per heavy atom. The number of hydrogen-bond donors (Lipinski definition) is 5. The monoisotopic (exact) mass is 421 g/mol. The van der Waals surface area contributed by atoms with Crippen LogP contribution in [-0.2, 0) is 6.42 Å². The van der Waals surface area contributed by atoms with Gasteiger partial charge in [0.15, 0.2) is 0 Å². The molecule has 6 heteroatoms. The highest BCUT2D eigenvalue weighted by Gasteiger charge is 2.42. The van der Waals surface area contributed by atoms with Crippen LogP contribution >= 0.6 is 0 Å². The lowest BCUT2D eigenvalue weighted by atomic mass is 9.73. The molecule has 1 aliphatic carbocycles. The van der Waals surface area contributed by atoms with Crippen molar-refractivity contribution in [1.29, 1.82) is 0 Å². The molecule has 0 spiro atoms. The van der Waals surface area contributed by atoms with Gasteiger partial charge in [0.25, 0.3) is 0 Å². The van der Waals surface area contributed by atoms with Crippen molar-refractivity contribution >= 4 is 5.57 Å². The van der Waals surface area contributed by atoms with Crippen molar-refractivity contribution in [3.8, 4) is 5.75 Å². The number of H-pyrrole nitrogens is 1. The van der Waals surface area contributed by atoms with E-state index in [0.717, 1.165) is 37.3 Å². The molecule has 5 rings (SSSR count). The molecule has 0 radical (unpaired) electrons. The standard InChI is InChI=1S/C25H35N5O/c1-4-15-11-18(31)6-8-19(15)16-5-7-20-21(12-16)29-30-23(20)24-26-14-22(28-24)17-9-10-27-25(2,3)13-17/h6,8-9,11,14,16,20-21,23,27,29-31H,4-5,7,10,12-13H2,1-3H3,(H,26,28). The van der Waals surface area contributed by atoms with Crippen molar-refractivity contribution in [3.63, 3.8) is 0 Å². The number of aromatic nitrogens is 2. The van der Waals surface area contributed by atoms with E-state index in [1.807, 2.05) is 18.3 Å². The number of hydrazine groups is 1. The van der Waals surface area contributed by atoms with Gasteiger partial charge >= 0.3 is 0 Å². The Bertz CT molecular complexity index is 978. The molecule has 0 bridgehead atoms. The topological polar surface area (TPSA) is 85.0 Å². The van der Waals surface area contributed by atoms with Crippen molar-refractivity contribution in [3.05, 3.63) is 53.1 Å². The van der Waals surface area contributed by atoms with Crippen LogP contribution in [0.1, 0.15) is 81.1 Å². The highest BCUT2D eigenvalue weighted by Crippen LogP contribution is 2.44. The third-order valence-electron chi connectivity index (χ3n) is 7.50. The first-order valence-corrected chi connectivity index (χ1v) is 11.8. The summed E-state index contributed by atoms with van der Waals surface area (Å²) in [6.07, 6.45) is 9.71. The van der Waals surface area contributed by atoms with Crippen LogP contribution in [0.3, 0.4) is 0 Å². The molecule has 2 aliphatic heterocycles. The molecule has 0 amide bonds. The van der Waals surface area contributed by atoms with Crippen molar-refractivity contribution in [2.45, 2.75) is 76.4 Å². The number of aromatic hydroxyl groups is 1. The summed E-state index contributed by atoms with van der Waals surface area (Å²) in [5.41, 5.74) is 12.4. The number of aryl methyl sites for hydroxylation is 1. The average Bonchev–Trinajstić information content (AvgIpc) is 3.39. The van der Waals surface area contributed by atoms with Gasteiger partial charge in [0.1, 0.15) is 11.6 Å². The number of phenolic OH excluding ortho intramolecular Hbond substituents is 1. The second-order valence-corrected chi connectivity index (χ2v) is 10.1. The van der Waals surface area contributed by atoms with E-state index in [9.17, 15) is 5.11 Å². The predicted molar refractivity (Wildman–Crippen MR) is 124 cm³/mol. The SMILES string of the molecule is CCc1cc(O)ccc1C1CCC2C(C1)NNC2c1ncc(C2=CCNC(C)(C)C2)[nH]1. The quantitative estimate of drug-likeness (QED) is 0.516. The van der Waals surface area contributed by atoms with Crippen LogP contribution in [0.25, 0.3) is 5.57 Å². The molecule has 3 heterocycles. The molecule has 4 atom stereocenters. The number of aromatic amines is 1. The number of fused-ring (bicyclic) bond motifs is 1. The number of hydrogen-bond acceptors (Lipinski definition) is 5. The van der Waals surface area contributed by atoms with E-state index < -0.39 is 0 Å². The lowest BCUT2D eigenvalue weighted by Gasteiger charge is -2.33. The van der Waals surface area contributed by atoms with E-state index in [1.165, 1.54) is 29.5 Å². The Kier molecular flexibility index (Phi) is 5.40. The fraction of sp³-hybridized carbons (Fsp3) is 0.560. The summed E-state index contributed by atoms with van der Waals surface area (Å²) in [4.78, 5) is 8.40. The minimum Gasteiger partial charge on any atom is -0.508 e. The zero-order chi connectivity index (χ0) is 21.6. The number of nitrogens with one attached hydrogen (secondary N) is 4. The van der Waals surface area contributed by atoms with E-state index >= 15 is 0 Å². The molecule has 2 aromatic rings. The summed E-state index contributed by atoms with van der Waals surface area (Å²) < 4.78 is 0. The van der Waals surface area contributed by atoms with Gasteiger partial charge in [-0.2, -0.15) is 0 Å². The zero-order valence-electron chi connectivity index (χ0n) is 18.8. The first-order valence-electron chi connectivity index (χ1n) is 11.8. The Morgan fingerprint density at radius 1 is 1.19 bits per heavy atom. The van der Waals surface area contributed by atoms with Crippen LogP contribution in [0.15, 0.2) is 30.5 Å². The van der Waals surface area contributed by atoms with Crippen molar-refractivity contribution < 1.29 is 5.11 Å². The highest BCUT2D eigenvalue weighted by molar-refractivity contribution is 5.64.